The normalized spacial score (nSPS) is 12.1. The van der Waals surface area contributed by atoms with Gasteiger partial charge in [0, 0.05) is 0 Å². The number of hydrogen-bond acceptors (Lipinski definition) is 4. The monoisotopic (exact) mass is 267 g/mol. The molecule has 0 spiro atoms. The first-order valence-electron chi connectivity index (χ1n) is 6.45. The number of nitrogens with one attached hydrogen (secondary N) is 1. The van der Waals surface area contributed by atoms with Gasteiger partial charge in [0.1, 0.15) is 18.4 Å². The van der Waals surface area contributed by atoms with Crippen molar-refractivity contribution in [3.63, 3.8) is 0 Å². The minimum atomic E-state index is -0.891. The lowest BCUT2D eigenvalue weighted by molar-refractivity contribution is -0.141. The molecule has 0 aromatic heterocycles. The highest BCUT2D eigenvalue weighted by Crippen LogP contribution is 2.07. The first-order valence-corrected chi connectivity index (χ1v) is 6.45. The molecular formula is C14H21NO4. The highest BCUT2D eigenvalue weighted by molar-refractivity contribution is 5.73. The zero-order valence-electron chi connectivity index (χ0n) is 11.2. The van der Waals surface area contributed by atoms with Crippen molar-refractivity contribution in [3.05, 3.63) is 30.3 Å². The summed E-state index contributed by atoms with van der Waals surface area (Å²) in [6, 6.07) is 8.78. The molecule has 0 bridgehead atoms. The van der Waals surface area contributed by atoms with Gasteiger partial charge in [0.25, 0.3) is 0 Å². The van der Waals surface area contributed by atoms with E-state index in [9.17, 15) is 4.79 Å². The van der Waals surface area contributed by atoms with Crippen LogP contribution >= 0.6 is 0 Å². The topological polar surface area (TPSA) is 67.8 Å². The van der Waals surface area contributed by atoms with Crippen molar-refractivity contribution in [1.29, 1.82) is 0 Å². The van der Waals surface area contributed by atoms with Gasteiger partial charge in [-0.05, 0) is 25.1 Å². The van der Waals surface area contributed by atoms with E-state index in [1.807, 2.05) is 37.3 Å². The summed E-state index contributed by atoms with van der Waals surface area (Å²) in [4.78, 5) is 10.9. The van der Waals surface area contributed by atoms with Crippen LogP contribution in [0.1, 0.15) is 13.3 Å². The molecule has 2 N–H and O–H groups in total. The maximum atomic E-state index is 10.9. The number of carboxylic acid groups (broad SMARTS) is 1. The van der Waals surface area contributed by atoms with Crippen LogP contribution in [0.25, 0.3) is 0 Å². The molecule has 0 aliphatic carbocycles. The molecule has 1 aromatic carbocycles. The number of carboxylic acids is 1. The molecule has 0 aliphatic rings. The Labute approximate surface area is 113 Å². The minimum Gasteiger partial charge on any atom is -0.491 e. The van der Waals surface area contributed by atoms with E-state index in [0.717, 1.165) is 12.2 Å². The second-order valence-electron chi connectivity index (χ2n) is 4.08. The van der Waals surface area contributed by atoms with Gasteiger partial charge in [-0.3, -0.25) is 4.79 Å². The Bertz CT molecular complexity index is 356. The Morgan fingerprint density at radius 2 is 2.05 bits per heavy atom. The Kier molecular flexibility index (Phi) is 7.62. The second kappa shape index (κ2) is 9.35. The Morgan fingerprint density at radius 3 is 2.68 bits per heavy atom. The van der Waals surface area contributed by atoms with Crippen molar-refractivity contribution in [1.82, 2.24) is 5.32 Å². The molecule has 19 heavy (non-hydrogen) atoms. The van der Waals surface area contributed by atoms with E-state index in [0.29, 0.717) is 19.8 Å². The van der Waals surface area contributed by atoms with Crippen LogP contribution in [0, 0.1) is 0 Å². The van der Waals surface area contributed by atoms with Crippen LogP contribution in [-0.2, 0) is 9.53 Å². The van der Waals surface area contributed by atoms with Gasteiger partial charge in [-0.25, -0.2) is 0 Å². The molecule has 0 saturated carbocycles. The van der Waals surface area contributed by atoms with Crippen molar-refractivity contribution in [2.75, 3.05) is 26.4 Å². The van der Waals surface area contributed by atoms with Gasteiger partial charge in [-0.1, -0.05) is 25.1 Å². The van der Waals surface area contributed by atoms with E-state index in [1.165, 1.54) is 0 Å². The molecule has 0 saturated heterocycles. The molecule has 0 radical (unpaired) electrons. The average molecular weight is 267 g/mol. The van der Waals surface area contributed by atoms with Crippen LogP contribution in [0.2, 0.25) is 0 Å². The van der Waals surface area contributed by atoms with Gasteiger partial charge in [0.05, 0.1) is 13.2 Å². The van der Waals surface area contributed by atoms with E-state index in [1.54, 1.807) is 0 Å². The summed E-state index contributed by atoms with van der Waals surface area (Å²) in [7, 11) is 0. The lowest BCUT2D eigenvalue weighted by atomic mass is 10.3. The summed E-state index contributed by atoms with van der Waals surface area (Å²) in [6.45, 7) is 3.57. The number of hydrogen-bond donors (Lipinski definition) is 2. The van der Waals surface area contributed by atoms with Crippen LogP contribution in [0.3, 0.4) is 0 Å². The zero-order valence-corrected chi connectivity index (χ0v) is 11.2. The van der Waals surface area contributed by atoms with Gasteiger partial charge in [-0.2, -0.15) is 0 Å². The molecule has 1 unspecified atom stereocenters. The minimum absolute atomic E-state index is 0.146. The molecule has 0 aliphatic heterocycles. The smallest absolute Gasteiger partial charge is 0.323 e. The molecule has 1 atom stereocenters. The van der Waals surface area contributed by atoms with E-state index >= 15 is 0 Å². The highest BCUT2D eigenvalue weighted by atomic mass is 16.5. The van der Waals surface area contributed by atoms with Crippen molar-refractivity contribution < 1.29 is 19.4 Å². The van der Waals surface area contributed by atoms with Crippen molar-refractivity contribution in [3.8, 4) is 5.75 Å². The number of aliphatic carboxylic acids is 1. The van der Waals surface area contributed by atoms with E-state index < -0.39 is 12.0 Å². The summed E-state index contributed by atoms with van der Waals surface area (Å²) >= 11 is 0. The summed E-state index contributed by atoms with van der Waals surface area (Å²) in [5.74, 6) is -0.109. The SMILES string of the molecule is CCCNC(COCCOc1ccccc1)C(=O)O. The largest absolute Gasteiger partial charge is 0.491 e. The van der Waals surface area contributed by atoms with Crippen LogP contribution in [0.4, 0.5) is 0 Å². The number of rotatable bonds is 10. The van der Waals surface area contributed by atoms with Crippen LogP contribution in [0.5, 0.6) is 5.75 Å². The summed E-state index contributed by atoms with van der Waals surface area (Å²) in [5.41, 5.74) is 0. The van der Waals surface area contributed by atoms with Crippen molar-refractivity contribution in [2.24, 2.45) is 0 Å². The summed E-state index contributed by atoms with van der Waals surface area (Å²) in [6.07, 6.45) is 0.890. The fraction of sp³-hybridized carbons (Fsp3) is 0.500. The predicted octanol–water partition coefficient (Wildman–Crippen LogP) is 1.53. The molecule has 0 fully saturated rings. The average Bonchev–Trinajstić information content (AvgIpc) is 2.42. The number of ether oxygens (including phenoxy) is 2. The van der Waals surface area contributed by atoms with Gasteiger partial charge in [0.15, 0.2) is 0 Å². The quantitative estimate of drug-likeness (QED) is 0.629. The first-order chi connectivity index (χ1) is 9.24. The van der Waals surface area contributed by atoms with Crippen LogP contribution in [0.15, 0.2) is 30.3 Å². The standard InChI is InChI=1S/C14H21NO4/c1-2-8-15-13(14(16)17)11-18-9-10-19-12-6-4-3-5-7-12/h3-7,13,15H,2,8-11H2,1H3,(H,16,17). The third kappa shape index (κ3) is 6.79. The fourth-order valence-corrected chi connectivity index (χ4v) is 1.47. The maximum Gasteiger partial charge on any atom is 0.323 e. The summed E-state index contributed by atoms with van der Waals surface area (Å²) < 4.78 is 10.7. The number of carbonyl (C=O) groups is 1. The van der Waals surface area contributed by atoms with Crippen LogP contribution < -0.4 is 10.1 Å². The third-order valence-electron chi connectivity index (χ3n) is 2.46. The molecule has 1 aromatic rings. The van der Waals surface area contributed by atoms with Crippen LogP contribution in [-0.4, -0.2) is 43.5 Å². The molecule has 0 amide bonds. The Hall–Kier alpha value is -1.59. The van der Waals surface area contributed by atoms with Gasteiger partial charge < -0.3 is 19.9 Å². The predicted molar refractivity (Wildman–Crippen MR) is 72.5 cm³/mol. The molecule has 0 heterocycles. The lowest BCUT2D eigenvalue weighted by Gasteiger charge is -2.14. The lowest BCUT2D eigenvalue weighted by Crippen LogP contribution is -2.41. The van der Waals surface area contributed by atoms with E-state index in [-0.39, 0.29) is 6.61 Å². The Morgan fingerprint density at radius 1 is 1.32 bits per heavy atom. The molecule has 1 rings (SSSR count). The van der Waals surface area contributed by atoms with E-state index in [4.69, 9.17) is 14.6 Å². The molecular weight excluding hydrogens is 246 g/mol. The molecule has 106 valence electrons. The number of benzene rings is 1. The zero-order chi connectivity index (χ0) is 13.9. The highest BCUT2D eigenvalue weighted by Gasteiger charge is 2.15. The fourth-order valence-electron chi connectivity index (χ4n) is 1.47. The summed E-state index contributed by atoms with van der Waals surface area (Å²) in [5, 5.41) is 11.9. The third-order valence-corrected chi connectivity index (χ3v) is 2.46. The van der Waals surface area contributed by atoms with E-state index in [2.05, 4.69) is 5.32 Å². The Balaban J connectivity index is 2.13. The molecule has 5 heteroatoms. The van der Waals surface area contributed by atoms with Gasteiger partial charge in [0.2, 0.25) is 0 Å². The van der Waals surface area contributed by atoms with Gasteiger partial charge >= 0.3 is 5.97 Å². The first kappa shape index (κ1) is 15.5. The second-order valence-corrected chi connectivity index (χ2v) is 4.08. The maximum absolute atomic E-state index is 10.9. The van der Waals surface area contributed by atoms with Crippen molar-refractivity contribution >= 4 is 5.97 Å². The number of para-hydroxylation sites is 1. The van der Waals surface area contributed by atoms with Crippen molar-refractivity contribution in [2.45, 2.75) is 19.4 Å². The van der Waals surface area contributed by atoms with Gasteiger partial charge in [-0.15, -0.1) is 0 Å². The molecule has 5 nitrogen and oxygen atoms in total.